The van der Waals surface area contributed by atoms with Gasteiger partial charge in [-0.3, -0.25) is 0 Å². The zero-order chi connectivity index (χ0) is 25.7. The van der Waals surface area contributed by atoms with Crippen LogP contribution in [0.5, 0.6) is 40.2 Å². The second-order valence-corrected chi connectivity index (χ2v) is 9.34. The Hall–Kier alpha value is -3.38. The third-order valence-electron chi connectivity index (χ3n) is 6.22. The van der Waals surface area contributed by atoms with Crippen molar-refractivity contribution in [2.75, 3.05) is 13.7 Å². The van der Waals surface area contributed by atoms with Gasteiger partial charge in [0.15, 0.2) is 41.3 Å². The average molecular weight is 563 g/mol. The largest absolute Gasteiger partial charge is 0.508 e. The van der Waals surface area contributed by atoms with E-state index in [0.717, 1.165) is 6.07 Å². The van der Waals surface area contributed by atoms with Crippen LogP contribution in [-0.4, -0.2) is 56.6 Å². The van der Waals surface area contributed by atoms with E-state index in [1.807, 2.05) is 0 Å². The second-order valence-electron chi connectivity index (χ2n) is 8.49. The molecule has 10 nitrogen and oxygen atoms in total. The minimum atomic E-state index is -1.48. The molecular formula is C25H23BrO10. The fourth-order valence-corrected chi connectivity index (χ4v) is 5.02. The van der Waals surface area contributed by atoms with Crippen molar-refractivity contribution in [2.24, 2.45) is 0 Å². The van der Waals surface area contributed by atoms with Gasteiger partial charge in [0.2, 0.25) is 0 Å². The summed E-state index contributed by atoms with van der Waals surface area (Å²) in [6.07, 6.45) is -5.56. The maximum Gasteiger partial charge on any atom is 0.176 e. The van der Waals surface area contributed by atoms with Crippen molar-refractivity contribution in [1.82, 2.24) is 0 Å². The predicted octanol–water partition coefficient (Wildman–Crippen LogP) is 2.98. The van der Waals surface area contributed by atoms with E-state index >= 15 is 0 Å². The first-order valence-corrected chi connectivity index (χ1v) is 11.7. The average Bonchev–Trinajstić information content (AvgIpc) is 2.85. The van der Waals surface area contributed by atoms with Crippen LogP contribution in [0.3, 0.4) is 0 Å². The summed E-state index contributed by atoms with van der Waals surface area (Å²) in [4.78, 5) is 0. The zero-order valence-corrected chi connectivity index (χ0v) is 20.4. The molecule has 6 N–H and O–H groups in total. The van der Waals surface area contributed by atoms with Crippen molar-refractivity contribution < 1.29 is 49.6 Å². The topological polar surface area (TPSA) is 158 Å². The van der Waals surface area contributed by atoms with Gasteiger partial charge < -0.3 is 49.6 Å². The summed E-state index contributed by atoms with van der Waals surface area (Å²) in [5, 5.41) is 61.4. The molecule has 2 aliphatic rings. The van der Waals surface area contributed by atoms with Gasteiger partial charge in [-0.2, -0.15) is 0 Å². The number of benzene rings is 3. The molecule has 0 amide bonds. The fourth-order valence-electron chi connectivity index (χ4n) is 4.47. The normalized spacial score (nSPS) is 24.5. The molecule has 11 heteroatoms. The Bertz CT molecular complexity index is 1310. The molecule has 0 spiro atoms. The molecule has 0 aliphatic carbocycles. The maximum absolute atomic E-state index is 10.8. The van der Waals surface area contributed by atoms with E-state index in [2.05, 4.69) is 15.9 Å². The molecule has 2 aliphatic heterocycles. The number of methoxy groups -OCH3 is 1. The van der Waals surface area contributed by atoms with Crippen LogP contribution >= 0.6 is 15.9 Å². The lowest BCUT2D eigenvalue weighted by Gasteiger charge is -2.37. The number of rotatable bonds is 4. The van der Waals surface area contributed by atoms with Gasteiger partial charge in [-0.15, -0.1) is 0 Å². The van der Waals surface area contributed by atoms with Gasteiger partial charge in [-0.1, -0.05) is 6.07 Å². The Kier molecular flexibility index (Phi) is 6.25. The summed E-state index contributed by atoms with van der Waals surface area (Å²) in [6, 6.07) is 10.1. The summed E-state index contributed by atoms with van der Waals surface area (Å²) in [5.74, 6) is 0.127. The van der Waals surface area contributed by atoms with Crippen molar-refractivity contribution in [3.63, 3.8) is 0 Å². The number of hydrogen-bond acceptors (Lipinski definition) is 10. The standard InChI is InChI=1S/C25H23BrO10/c1-33-16-5-10(2-3-14(16)29)23-19(9-27)36-25-13(26)4-11(6-18(25)35-23)24-22(32)21(31)20-15(30)7-12(28)8-17(20)34-24/h2-8,19,21-24,27-32H,9H2,1H3. The Morgan fingerprint density at radius 3 is 2.33 bits per heavy atom. The molecular weight excluding hydrogens is 540 g/mol. The van der Waals surface area contributed by atoms with E-state index in [4.69, 9.17) is 18.9 Å². The molecule has 0 radical (unpaired) electrons. The van der Waals surface area contributed by atoms with E-state index in [1.54, 1.807) is 24.3 Å². The highest BCUT2D eigenvalue weighted by Gasteiger charge is 2.41. The molecule has 3 aromatic carbocycles. The SMILES string of the molecule is COc1cc(C2Oc3cc(C4Oc5cc(O)cc(O)c5C(O)C4O)cc(Br)c3OC2CO)ccc1O. The molecule has 0 aromatic heterocycles. The summed E-state index contributed by atoms with van der Waals surface area (Å²) < 4.78 is 23.7. The monoisotopic (exact) mass is 562 g/mol. The molecule has 0 saturated carbocycles. The molecule has 2 heterocycles. The predicted molar refractivity (Wildman–Crippen MR) is 128 cm³/mol. The number of halogens is 1. The number of aliphatic hydroxyl groups excluding tert-OH is 3. The number of aliphatic hydroxyl groups is 3. The smallest absolute Gasteiger partial charge is 0.176 e. The molecule has 0 fully saturated rings. The third-order valence-corrected chi connectivity index (χ3v) is 6.81. The maximum atomic E-state index is 10.8. The van der Waals surface area contributed by atoms with Crippen molar-refractivity contribution >= 4 is 15.9 Å². The number of fused-ring (bicyclic) bond motifs is 2. The van der Waals surface area contributed by atoms with Crippen LogP contribution in [0.25, 0.3) is 0 Å². The van der Waals surface area contributed by atoms with Crippen LogP contribution < -0.4 is 18.9 Å². The first-order valence-electron chi connectivity index (χ1n) is 10.9. The van der Waals surface area contributed by atoms with E-state index in [9.17, 15) is 30.6 Å². The lowest BCUT2D eigenvalue weighted by Crippen LogP contribution is -2.37. The van der Waals surface area contributed by atoms with Crippen LogP contribution in [0.4, 0.5) is 0 Å². The fraction of sp³-hybridized carbons (Fsp3) is 0.280. The van der Waals surface area contributed by atoms with E-state index in [1.165, 1.54) is 19.2 Å². The Morgan fingerprint density at radius 2 is 1.61 bits per heavy atom. The molecule has 5 atom stereocenters. The van der Waals surface area contributed by atoms with Crippen LogP contribution in [0.1, 0.15) is 35.0 Å². The zero-order valence-electron chi connectivity index (χ0n) is 18.8. The van der Waals surface area contributed by atoms with Crippen molar-refractivity contribution in [1.29, 1.82) is 0 Å². The van der Waals surface area contributed by atoms with Crippen LogP contribution in [0.15, 0.2) is 46.9 Å². The van der Waals surface area contributed by atoms with Gasteiger partial charge in [0, 0.05) is 23.3 Å². The molecule has 190 valence electrons. The molecule has 0 saturated heterocycles. The van der Waals surface area contributed by atoms with E-state index < -0.39 is 36.3 Å². The van der Waals surface area contributed by atoms with Gasteiger partial charge >= 0.3 is 0 Å². The molecule has 0 bridgehead atoms. The van der Waals surface area contributed by atoms with Crippen LogP contribution in [0, 0.1) is 0 Å². The van der Waals surface area contributed by atoms with Crippen LogP contribution in [-0.2, 0) is 0 Å². The highest BCUT2D eigenvalue weighted by atomic mass is 79.9. The summed E-state index contributed by atoms with van der Waals surface area (Å²) in [7, 11) is 1.42. The minimum absolute atomic E-state index is 0.0238. The first-order chi connectivity index (χ1) is 17.2. The molecule has 36 heavy (non-hydrogen) atoms. The lowest BCUT2D eigenvalue weighted by molar-refractivity contribution is -0.0713. The highest BCUT2D eigenvalue weighted by Crippen LogP contribution is 2.50. The minimum Gasteiger partial charge on any atom is -0.508 e. The van der Waals surface area contributed by atoms with Gasteiger partial charge in [-0.25, -0.2) is 0 Å². The van der Waals surface area contributed by atoms with Crippen molar-refractivity contribution in [3.8, 4) is 40.2 Å². The molecule has 5 unspecified atom stereocenters. The Balaban J connectivity index is 1.53. The van der Waals surface area contributed by atoms with E-state index in [0.29, 0.717) is 21.3 Å². The van der Waals surface area contributed by atoms with Gasteiger partial charge in [0.25, 0.3) is 0 Å². The third kappa shape index (κ3) is 4.03. The Morgan fingerprint density at radius 1 is 0.861 bits per heavy atom. The van der Waals surface area contributed by atoms with Crippen molar-refractivity contribution in [2.45, 2.75) is 30.5 Å². The number of phenolic OH excluding ortho intramolecular Hbond substituents is 3. The lowest BCUT2D eigenvalue weighted by atomic mass is 9.91. The highest BCUT2D eigenvalue weighted by molar-refractivity contribution is 9.10. The van der Waals surface area contributed by atoms with Crippen molar-refractivity contribution in [3.05, 3.63) is 63.6 Å². The number of ether oxygens (including phenoxy) is 4. The number of aromatic hydroxyl groups is 3. The molecule has 5 rings (SSSR count). The number of phenols is 3. The van der Waals surface area contributed by atoms with E-state index in [-0.39, 0.29) is 40.9 Å². The summed E-state index contributed by atoms with van der Waals surface area (Å²) in [6.45, 7) is -0.359. The van der Waals surface area contributed by atoms with Crippen LogP contribution in [0.2, 0.25) is 0 Å². The Labute approximate surface area is 213 Å². The van der Waals surface area contributed by atoms with Gasteiger partial charge in [-0.05, 0) is 40.2 Å². The summed E-state index contributed by atoms with van der Waals surface area (Å²) >= 11 is 3.44. The second kappa shape index (κ2) is 9.25. The summed E-state index contributed by atoms with van der Waals surface area (Å²) in [5.41, 5.74) is 0.967. The quantitative estimate of drug-likeness (QED) is 0.279. The first kappa shape index (κ1) is 24.3. The molecule has 3 aromatic rings. The number of hydrogen-bond donors (Lipinski definition) is 6. The van der Waals surface area contributed by atoms with Gasteiger partial charge in [0.05, 0.1) is 23.8 Å². The van der Waals surface area contributed by atoms with Gasteiger partial charge in [0.1, 0.15) is 29.5 Å².